The molecule has 8 heteroatoms. The van der Waals surface area contributed by atoms with Crippen LogP contribution in [-0.2, 0) is 4.74 Å². The van der Waals surface area contributed by atoms with E-state index in [0.29, 0.717) is 16.3 Å². The Morgan fingerprint density at radius 3 is 2.64 bits per heavy atom. The Morgan fingerprint density at radius 2 is 1.95 bits per heavy atom. The maximum atomic E-state index is 11.5. The van der Waals surface area contributed by atoms with Crippen LogP contribution in [0, 0.1) is 0 Å². The van der Waals surface area contributed by atoms with Crippen molar-refractivity contribution in [3.05, 3.63) is 34.0 Å². The number of hydrazone groups is 1. The molecule has 1 aromatic carbocycles. The first-order valence-electron chi connectivity index (χ1n) is 6.16. The molecule has 0 atom stereocenters. The van der Waals surface area contributed by atoms with Crippen LogP contribution in [0.25, 0.3) is 0 Å². The zero-order valence-corrected chi connectivity index (χ0v) is 12.6. The molecule has 0 aliphatic heterocycles. The summed E-state index contributed by atoms with van der Waals surface area (Å²) >= 11 is 1.21. The highest BCUT2D eigenvalue weighted by molar-refractivity contribution is 7.12. The molecular formula is C14H14N2O5S. The molecule has 0 spiro atoms. The van der Waals surface area contributed by atoms with E-state index >= 15 is 0 Å². The van der Waals surface area contributed by atoms with Crippen molar-refractivity contribution in [1.29, 1.82) is 0 Å². The number of hydrogen-bond donors (Lipinski definition) is 4. The van der Waals surface area contributed by atoms with Gasteiger partial charge >= 0.3 is 5.97 Å². The number of carbonyl (C=O) groups is 1. The van der Waals surface area contributed by atoms with Gasteiger partial charge in [0.05, 0.1) is 18.5 Å². The minimum Gasteiger partial charge on any atom is -0.504 e. The van der Waals surface area contributed by atoms with Crippen molar-refractivity contribution in [2.24, 2.45) is 5.10 Å². The number of benzene rings is 1. The number of nitrogens with zero attached hydrogens (tertiary/aromatic N) is 1. The third-order valence-corrected chi connectivity index (χ3v) is 3.79. The normalized spacial score (nSPS) is 11.3. The first kappa shape index (κ1) is 15.6. The number of carbonyl (C=O) groups excluding carboxylic acids is 1. The lowest BCUT2D eigenvalue weighted by Gasteiger charge is -2.08. The third kappa shape index (κ3) is 2.96. The number of esters is 1. The lowest BCUT2D eigenvalue weighted by Crippen LogP contribution is -2.04. The largest absolute Gasteiger partial charge is 0.504 e. The quantitative estimate of drug-likeness (QED) is 0.298. The summed E-state index contributed by atoms with van der Waals surface area (Å²) in [5.74, 6) is -1.98. The summed E-state index contributed by atoms with van der Waals surface area (Å²) in [4.78, 5) is 11.9. The Bertz CT molecular complexity index is 739. The van der Waals surface area contributed by atoms with Crippen LogP contribution in [-0.4, -0.2) is 34.1 Å². The second-order valence-corrected chi connectivity index (χ2v) is 5.21. The van der Waals surface area contributed by atoms with Gasteiger partial charge in [-0.3, -0.25) is 5.43 Å². The zero-order chi connectivity index (χ0) is 16.3. The van der Waals surface area contributed by atoms with Gasteiger partial charge in [-0.1, -0.05) is 0 Å². The fourth-order valence-corrected chi connectivity index (χ4v) is 2.47. The molecule has 0 saturated heterocycles. The van der Waals surface area contributed by atoms with Crippen LogP contribution in [0.3, 0.4) is 0 Å². The van der Waals surface area contributed by atoms with Gasteiger partial charge in [0.2, 0.25) is 5.75 Å². The summed E-state index contributed by atoms with van der Waals surface area (Å²) in [6, 6.07) is 4.33. The van der Waals surface area contributed by atoms with Crippen molar-refractivity contribution in [2.45, 2.75) is 6.92 Å². The lowest BCUT2D eigenvalue weighted by atomic mass is 10.1. The van der Waals surface area contributed by atoms with E-state index in [-0.39, 0.29) is 5.56 Å². The number of aromatic hydroxyl groups is 3. The molecule has 1 heterocycles. The molecule has 0 fully saturated rings. The van der Waals surface area contributed by atoms with Crippen LogP contribution < -0.4 is 5.43 Å². The van der Waals surface area contributed by atoms with Gasteiger partial charge in [0.25, 0.3) is 0 Å². The summed E-state index contributed by atoms with van der Waals surface area (Å²) in [6.07, 6.45) is 0. The zero-order valence-electron chi connectivity index (χ0n) is 11.8. The van der Waals surface area contributed by atoms with Gasteiger partial charge < -0.3 is 20.1 Å². The Hall–Kier alpha value is -2.74. The maximum Gasteiger partial charge on any atom is 0.350 e. The standard InChI is InChI=1S/C14H14N2O5S/c1-7(8-3-4-10(17)12(19)11(8)18)15-16-9-5-6-22-13(9)14(20)21-2/h3-6,16-19H,1-2H3/b15-7+. The fourth-order valence-electron chi connectivity index (χ4n) is 1.71. The minimum absolute atomic E-state index is 0.248. The Balaban J connectivity index is 2.26. The molecule has 0 aliphatic rings. The van der Waals surface area contributed by atoms with Crippen LogP contribution in [0.5, 0.6) is 17.2 Å². The maximum absolute atomic E-state index is 11.5. The molecular weight excluding hydrogens is 308 g/mol. The van der Waals surface area contributed by atoms with E-state index in [1.807, 2.05) is 0 Å². The van der Waals surface area contributed by atoms with Crippen molar-refractivity contribution in [3.63, 3.8) is 0 Å². The molecule has 0 radical (unpaired) electrons. The third-order valence-electron chi connectivity index (χ3n) is 2.90. The summed E-state index contributed by atoms with van der Waals surface area (Å²) in [6.45, 7) is 1.60. The van der Waals surface area contributed by atoms with Crippen LogP contribution >= 0.6 is 11.3 Å². The van der Waals surface area contributed by atoms with E-state index < -0.39 is 23.2 Å². The molecule has 4 N–H and O–H groups in total. The monoisotopic (exact) mass is 322 g/mol. The first-order chi connectivity index (χ1) is 10.5. The lowest BCUT2D eigenvalue weighted by molar-refractivity contribution is 0.0607. The topological polar surface area (TPSA) is 111 Å². The molecule has 1 aromatic heterocycles. The average molecular weight is 322 g/mol. The molecule has 2 rings (SSSR count). The number of ether oxygens (including phenoxy) is 1. The van der Waals surface area contributed by atoms with Crippen molar-refractivity contribution in [2.75, 3.05) is 12.5 Å². The highest BCUT2D eigenvalue weighted by Crippen LogP contribution is 2.37. The summed E-state index contributed by atoms with van der Waals surface area (Å²) in [5, 5.41) is 34.4. The Kier molecular flexibility index (Phi) is 4.52. The van der Waals surface area contributed by atoms with Crippen molar-refractivity contribution >= 4 is 28.7 Å². The molecule has 0 bridgehead atoms. The number of anilines is 1. The summed E-state index contributed by atoms with van der Waals surface area (Å²) < 4.78 is 4.66. The van der Waals surface area contributed by atoms with Crippen molar-refractivity contribution < 1.29 is 24.9 Å². The SMILES string of the molecule is COC(=O)c1sccc1N/N=C(\C)c1ccc(O)c(O)c1O. The first-order valence-corrected chi connectivity index (χ1v) is 7.04. The van der Waals surface area contributed by atoms with E-state index in [9.17, 15) is 20.1 Å². The van der Waals surface area contributed by atoms with Gasteiger partial charge in [0, 0.05) is 5.56 Å². The van der Waals surface area contributed by atoms with Gasteiger partial charge in [0.15, 0.2) is 11.5 Å². The number of methoxy groups -OCH3 is 1. The molecule has 0 aliphatic carbocycles. The number of thiophene rings is 1. The fraction of sp³-hybridized carbons (Fsp3) is 0.143. The van der Waals surface area contributed by atoms with Crippen molar-refractivity contribution in [1.82, 2.24) is 0 Å². The number of phenols is 3. The smallest absolute Gasteiger partial charge is 0.350 e. The van der Waals surface area contributed by atoms with E-state index in [4.69, 9.17) is 0 Å². The van der Waals surface area contributed by atoms with E-state index in [1.54, 1.807) is 18.4 Å². The summed E-state index contributed by atoms with van der Waals surface area (Å²) in [5.41, 5.74) is 3.79. The Labute approximate surface area is 130 Å². The highest BCUT2D eigenvalue weighted by Gasteiger charge is 2.15. The van der Waals surface area contributed by atoms with E-state index in [0.717, 1.165) is 0 Å². The highest BCUT2D eigenvalue weighted by atomic mass is 32.1. The summed E-state index contributed by atoms with van der Waals surface area (Å²) in [7, 11) is 1.29. The van der Waals surface area contributed by atoms with Crippen LogP contribution in [0.15, 0.2) is 28.7 Å². The molecule has 0 saturated carbocycles. The van der Waals surface area contributed by atoms with Crippen LogP contribution in [0.2, 0.25) is 0 Å². The average Bonchev–Trinajstić information content (AvgIpc) is 2.98. The minimum atomic E-state index is -0.613. The van der Waals surface area contributed by atoms with Crippen LogP contribution in [0.4, 0.5) is 5.69 Å². The van der Waals surface area contributed by atoms with Gasteiger partial charge in [-0.15, -0.1) is 11.3 Å². The van der Waals surface area contributed by atoms with Crippen molar-refractivity contribution in [3.8, 4) is 17.2 Å². The molecule has 22 heavy (non-hydrogen) atoms. The molecule has 0 amide bonds. The predicted octanol–water partition coefficient (Wildman–Crippen LogP) is 2.49. The second kappa shape index (κ2) is 6.35. The molecule has 7 nitrogen and oxygen atoms in total. The van der Waals surface area contributed by atoms with Gasteiger partial charge in [-0.25, -0.2) is 4.79 Å². The number of hydrogen-bond acceptors (Lipinski definition) is 8. The predicted molar refractivity (Wildman–Crippen MR) is 82.9 cm³/mol. The Morgan fingerprint density at radius 1 is 1.23 bits per heavy atom. The number of nitrogens with one attached hydrogen (secondary N) is 1. The molecule has 2 aromatic rings. The van der Waals surface area contributed by atoms with Gasteiger partial charge in [-0.05, 0) is 30.5 Å². The van der Waals surface area contributed by atoms with Gasteiger partial charge in [0.1, 0.15) is 4.88 Å². The van der Waals surface area contributed by atoms with Gasteiger partial charge in [-0.2, -0.15) is 5.10 Å². The second-order valence-electron chi connectivity index (χ2n) is 4.29. The number of rotatable bonds is 4. The van der Waals surface area contributed by atoms with Crippen LogP contribution in [0.1, 0.15) is 22.2 Å². The number of phenolic OH excluding ortho intramolecular Hbond substituents is 3. The molecule has 0 unspecified atom stereocenters. The molecule has 116 valence electrons. The van der Waals surface area contributed by atoms with E-state index in [2.05, 4.69) is 15.3 Å². The van der Waals surface area contributed by atoms with E-state index in [1.165, 1.54) is 30.6 Å².